The zero-order valence-corrected chi connectivity index (χ0v) is 21.2. The van der Waals surface area contributed by atoms with Crippen LogP contribution in [0.2, 0.25) is 10.0 Å². The number of H-pyrrole nitrogens is 1. The maximum atomic E-state index is 13.2. The number of fused-ring (bicyclic) bond motifs is 1. The van der Waals surface area contributed by atoms with Gasteiger partial charge in [-0.3, -0.25) is 23.3 Å². The molecule has 2 saturated heterocycles. The van der Waals surface area contributed by atoms with E-state index in [4.69, 9.17) is 47.2 Å². The second kappa shape index (κ2) is 9.39. The molecule has 0 amide bonds. The standard InChI is InChI=1S/C21H23Cl2N4O8P/c1-21(30)16(28)15(34-19(21)27-4-2-13-17(27)25-20(24)26-18(13)29)9-33-36(31)32-5-3-14(35-36)10-6-11(22)8-12(23)7-10/h2,4,6-8,14-16,19,28,30H,3,5,9H2,1H3,(H3,24,25,26,29)/t14-,15-,16-,19-,21-,36?/m1/s1. The summed E-state index contributed by atoms with van der Waals surface area (Å²) in [5.41, 5.74) is 4.14. The topological polar surface area (TPSA) is 171 Å². The summed E-state index contributed by atoms with van der Waals surface area (Å²) in [6, 6.07) is 6.34. The van der Waals surface area contributed by atoms with E-state index in [1.807, 2.05) is 0 Å². The molecular formula is C21H23Cl2N4O8P. The van der Waals surface area contributed by atoms with E-state index in [1.54, 1.807) is 18.2 Å². The molecule has 0 radical (unpaired) electrons. The summed E-state index contributed by atoms with van der Waals surface area (Å²) in [5, 5.41) is 22.9. The molecule has 3 aromatic rings. The first-order valence-electron chi connectivity index (χ1n) is 10.9. The van der Waals surface area contributed by atoms with Gasteiger partial charge in [-0.05, 0) is 36.8 Å². The van der Waals surface area contributed by atoms with E-state index in [-0.39, 0.29) is 23.6 Å². The SMILES string of the molecule is C[C@@]1(O)[C@H](O)[C@@H](COP2(=O)OCC[C@H](c3cc(Cl)cc(Cl)c3)O2)O[C@H]1n1ccc2c(=O)[nH]c(N)nc21. The van der Waals surface area contributed by atoms with Crippen LogP contribution < -0.4 is 11.3 Å². The average molecular weight is 561 g/mol. The average Bonchev–Trinajstić information content (AvgIpc) is 3.30. The van der Waals surface area contributed by atoms with E-state index < -0.39 is 50.1 Å². The Hall–Kier alpha value is -1.99. The Bertz CT molecular complexity index is 1390. The molecule has 12 nitrogen and oxygen atoms in total. The fourth-order valence-corrected chi connectivity index (χ4v) is 6.29. The number of phosphoric ester groups is 1. The quantitative estimate of drug-likeness (QED) is 0.340. The van der Waals surface area contributed by atoms with Crippen molar-refractivity contribution >= 4 is 48.0 Å². The van der Waals surface area contributed by atoms with Crippen molar-refractivity contribution < 1.29 is 33.1 Å². The fourth-order valence-electron chi connectivity index (χ4n) is 4.36. The number of nitrogens with zero attached hydrogens (tertiary/aromatic N) is 2. The van der Waals surface area contributed by atoms with E-state index in [0.29, 0.717) is 22.0 Å². The number of hydrogen-bond donors (Lipinski definition) is 4. The number of aromatic nitrogens is 3. The number of benzene rings is 1. The number of nitrogen functional groups attached to an aromatic ring is 1. The van der Waals surface area contributed by atoms with Gasteiger partial charge >= 0.3 is 7.82 Å². The molecule has 6 atom stereocenters. The normalized spacial score (nSPS) is 32.8. The van der Waals surface area contributed by atoms with Crippen LogP contribution in [-0.2, 0) is 22.9 Å². The van der Waals surface area contributed by atoms with E-state index in [0.717, 1.165) is 0 Å². The number of aliphatic hydroxyl groups is 2. The van der Waals surface area contributed by atoms with Gasteiger partial charge in [-0.1, -0.05) is 23.2 Å². The summed E-state index contributed by atoms with van der Waals surface area (Å²) in [7, 11) is -4.06. The Kier molecular flexibility index (Phi) is 6.69. The predicted molar refractivity (Wildman–Crippen MR) is 130 cm³/mol. The van der Waals surface area contributed by atoms with E-state index in [2.05, 4.69) is 9.97 Å². The van der Waals surface area contributed by atoms with Crippen molar-refractivity contribution in [3.63, 3.8) is 0 Å². The second-order valence-electron chi connectivity index (χ2n) is 8.77. The van der Waals surface area contributed by atoms with Crippen LogP contribution in [0.25, 0.3) is 11.0 Å². The first-order valence-corrected chi connectivity index (χ1v) is 13.1. The summed E-state index contributed by atoms with van der Waals surface area (Å²) in [6.07, 6.45) is -2.52. The number of nitrogens with two attached hydrogens (primary N) is 1. The molecule has 0 spiro atoms. The molecule has 15 heteroatoms. The Morgan fingerprint density at radius 2 is 2.08 bits per heavy atom. The van der Waals surface area contributed by atoms with Gasteiger partial charge in [0.2, 0.25) is 5.95 Å². The van der Waals surface area contributed by atoms with Crippen molar-refractivity contribution in [1.29, 1.82) is 0 Å². The molecule has 36 heavy (non-hydrogen) atoms. The highest BCUT2D eigenvalue weighted by Gasteiger charge is 2.54. The van der Waals surface area contributed by atoms with Gasteiger partial charge < -0.3 is 25.3 Å². The lowest BCUT2D eigenvalue weighted by Gasteiger charge is -2.30. The Morgan fingerprint density at radius 3 is 2.81 bits per heavy atom. The monoisotopic (exact) mass is 560 g/mol. The lowest BCUT2D eigenvalue weighted by molar-refractivity contribution is -0.0950. The molecule has 0 aliphatic carbocycles. The predicted octanol–water partition coefficient (Wildman–Crippen LogP) is 2.93. The molecule has 0 bridgehead atoms. The van der Waals surface area contributed by atoms with Crippen LogP contribution in [0.15, 0.2) is 35.3 Å². The molecule has 1 aromatic carbocycles. The lowest BCUT2D eigenvalue weighted by Crippen LogP contribution is -2.44. The summed E-state index contributed by atoms with van der Waals surface area (Å²) in [5.74, 6) is -0.120. The molecule has 5 N–H and O–H groups in total. The third-order valence-corrected chi connectivity index (χ3v) is 8.06. The first kappa shape index (κ1) is 25.7. The molecular weight excluding hydrogens is 538 g/mol. The van der Waals surface area contributed by atoms with Crippen molar-refractivity contribution in [2.75, 3.05) is 18.9 Å². The van der Waals surface area contributed by atoms with Gasteiger partial charge in [0, 0.05) is 22.7 Å². The summed E-state index contributed by atoms with van der Waals surface area (Å²) in [4.78, 5) is 18.7. The molecule has 0 saturated carbocycles. The van der Waals surface area contributed by atoms with Crippen LogP contribution in [0.1, 0.15) is 31.2 Å². The highest BCUT2D eigenvalue weighted by atomic mass is 35.5. The van der Waals surface area contributed by atoms with E-state index in [9.17, 15) is 19.6 Å². The summed E-state index contributed by atoms with van der Waals surface area (Å²) >= 11 is 12.1. The minimum absolute atomic E-state index is 0.0808. The third-order valence-electron chi connectivity index (χ3n) is 6.15. The van der Waals surface area contributed by atoms with Crippen LogP contribution in [0.4, 0.5) is 5.95 Å². The lowest BCUT2D eigenvalue weighted by atomic mass is 9.96. The Balaban J connectivity index is 1.33. The zero-order valence-electron chi connectivity index (χ0n) is 18.8. The molecule has 5 rings (SSSR count). The van der Waals surface area contributed by atoms with Gasteiger partial charge in [0.05, 0.1) is 24.7 Å². The minimum Gasteiger partial charge on any atom is -0.387 e. The van der Waals surface area contributed by atoms with E-state index in [1.165, 1.54) is 23.8 Å². The number of rotatable bonds is 5. The number of phosphoric acid groups is 1. The number of hydrogen-bond acceptors (Lipinski definition) is 10. The van der Waals surface area contributed by atoms with Gasteiger partial charge in [-0.2, -0.15) is 4.98 Å². The van der Waals surface area contributed by atoms with Gasteiger partial charge in [0.15, 0.2) is 11.9 Å². The van der Waals surface area contributed by atoms with Crippen molar-refractivity contribution in [2.24, 2.45) is 0 Å². The van der Waals surface area contributed by atoms with Crippen LogP contribution in [0.3, 0.4) is 0 Å². The largest absolute Gasteiger partial charge is 0.475 e. The number of aliphatic hydroxyl groups excluding tert-OH is 1. The number of nitrogens with one attached hydrogen (secondary N) is 1. The smallest absolute Gasteiger partial charge is 0.387 e. The molecule has 2 aliphatic rings. The van der Waals surface area contributed by atoms with Gasteiger partial charge in [0.25, 0.3) is 5.56 Å². The van der Waals surface area contributed by atoms with E-state index >= 15 is 0 Å². The molecule has 1 unspecified atom stereocenters. The zero-order chi connectivity index (χ0) is 25.8. The molecule has 2 fully saturated rings. The highest BCUT2D eigenvalue weighted by Crippen LogP contribution is 2.57. The Morgan fingerprint density at radius 1 is 1.36 bits per heavy atom. The molecule has 2 aliphatic heterocycles. The fraction of sp³-hybridized carbons (Fsp3) is 0.429. The maximum absolute atomic E-state index is 13.2. The van der Waals surface area contributed by atoms with Crippen LogP contribution >= 0.6 is 31.0 Å². The summed E-state index contributed by atoms with van der Waals surface area (Å²) < 4.78 is 36.8. The highest BCUT2D eigenvalue weighted by molar-refractivity contribution is 7.48. The second-order valence-corrected chi connectivity index (χ2v) is 11.3. The molecule has 2 aromatic heterocycles. The van der Waals surface area contributed by atoms with Crippen molar-refractivity contribution in [3.8, 4) is 0 Å². The van der Waals surface area contributed by atoms with Crippen molar-refractivity contribution in [1.82, 2.24) is 14.5 Å². The van der Waals surface area contributed by atoms with Crippen molar-refractivity contribution in [2.45, 2.75) is 43.5 Å². The molecule has 194 valence electrons. The Labute approximate surface area is 214 Å². The third kappa shape index (κ3) is 4.69. The van der Waals surface area contributed by atoms with Crippen LogP contribution in [0.5, 0.6) is 0 Å². The molecule has 4 heterocycles. The van der Waals surface area contributed by atoms with Crippen molar-refractivity contribution in [3.05, 3.63) is 56.4 Å². The van der Waals surface area contributed by atoms with Gasteiger partial charge in [-0.25, -0.2) is 4.57 Å². The number of halogens is 2. The van der Waals surface area contributed by atoms with Crippen LogP contribution in [-0.4, -0.2) is 55.8 Å². The first-order chi connectivity index (χ1) is 17.0. The van der Waals surface area contributed by atoms with Gasteiger partial charge in [-0.15, -0.1) is 0 Å². The number of anilines is 1. The minimum atomic E-state index is -4.06. The van der Waals surface area contributed by atoms with Crippen LogP contribution in [0, 0.1) is 0 Å². The van der Waals surface area contributed by atoms with Gasteiger partial charge in [0.1, 0.15) is 17.8 Å². The number of aromatic amines is 1. The summed E-state index contributed by atoms with van der Waals surface area (Å²) in [6.45, 7) is 1.01. The maximum Gasteiger partial charge on any atom is 0.475 e. The number of ether oxygens (including phenoxy) is 1.